The van der Waals surface area contributed by atoms with Gasteiger partial charge in [0.15, 0.2) is 0 Å². The van der Waals surface area contributed by atoms with Gasteiger partial charge in [-0.05, 0) is 67.3 Å². The summed E-state index contributed by atoms with van der Waals surface area (Å²) in [4.78, 5) is 19.1. The van der Waals surface area contributed by atoms with Crippen LogP contribution in [0.2, 0.25) is 0 Å². The van der Waals surface area contributed by atoms with Crippen LogP contribution in [-0.4, -0.2) is 33.7 Å². The van der Waals surface area contributed by atoms with Gasteiger partial charge in [-0.15, -0.1) is 0 Å². The van der Waals surface area contributed by atoms with Crippen molar-refractivity contribution in [2.75, 3.05) is 11.9 Å². The van der Waals surface area contributed by atoms with Crippen LogP contribution in [0.4, 0.5) is 18.9 Å². The minimum Gasteiger partial charge on any atom is -0.490 e. The highest BCUT2D eigenvalue weighted by atomic mass is 19.4. The van der Waals surface area contributed by atoms with Crippen molar-refractivity contribution in [2.24, 2.45) is 11.8 Å². The van der Waals surface area contributed by atoms with E-state index in [1.165, 1.54) is 12.3 Å². The molecule has 2 aliphatic carbocycles. The number of aliphatic hydroxyl groups excluding tert-OH is 1. The number of pyridine rings is 1. The number of aliphatic hydroxyl groups is 1. The number of nitrogens with zero attached hydrogens (tertiary/aromatic N) is 1. The molecule has 0 aliphatic heterocycles. The van der Waals surface area contributed by atoms with Crippen LogP contribution in [0, 0.1) is 11.8 Å². The molecule has 2 saturated carbocycles. The zero-order valence-corrected chi connectivity index (χ0v) is 17.7. The number of aromatic nitrogens is 2. The molecule has 174 valence electrons. The molecule has 9 heteroatoms. The molecule has 1 aromatic carbocycles. The Morgan fingerprint density at radius 2 is 1.97 bits per heavy atom. The van der Waals surface area contributed by atoms with E-state index in [4.69, 9.17) is 9.84 Å². The number of halogens is 3. The first-order chi connectivity index (χ1) is 15.8. The number of rotatable bonds is 6. The molecule has 3 N–H and O–H groups in total. The van der Waals surface area contributed by atoms with Gasteiger partial charge < -0.3 is 20.1 Å². The number of amides is 1. The van der Waals surface area contributed by atoms with Crippen LogP contribution in [0.15, 0.2) is 42.7 Å². The predicted molar refractivity (Wildman–Crippen MR) is 116 cm³/mol. The first-order valence-electron chi connectivity index (χ1n) is 11.0. The largest absolute Gasteiger partial charge is 0.490 e. The topological polar surface area (TPSA) is 87.2 Å². The molecule has 1 amide bonds. The number of fused-ring (bicyclic) bond motifs is 1. The van der Waals surface area contributed by atoms with Crippen LogP contribution in [-0.2, 0) is 11.0 Å². The van der Waals surface area contributed by atoms with E-state index in [0.717, 1.165) is 22.5 Å². The Morgan fingerprint density at radius 1 is 1.18 bits per heavy atom. The molecule has 5 rings (SSSR count). The minimum atomic E-state index is -4.43. The quantitative estimate of drug-likeness (QED) is 0.491. The maximum atomic E-state index is 12.7. The van der Waals surface area contributed by atoms with Gasteiger partial charge in [0, 0.05) is 35.8 Å². The van der Waals surface area contributed by atoms with Crippen LogP contribution in [0.5, 0.6) is 5.75 Å². The summed E-state index contributed by atoms with van der Waals surface area (Å²) < 4.78 is 44.1. The maximum Gasteiger partial charge on any atom is 0.433 e. The number of hydrogen-bond donors (Lipinski definition) is 3. The molecule has 3 aromatic rings. The number of ether oxygens (including phenoxy) is 1. The van der Waals surface area contributed by atoms with E-state index < -0.39 is 11.9 Å². The van der Waals surface area contributed by atoms with Crippen molar-refractivity contribution in [1.82, 2.24) is 9.97 Å². The molecular formula is C24H24F3N3O3. The van der Waals surface area contributed by atoms with Crippen LogP contribution in [0.25, 0.3) is 10.9 Å². The van der Waals surface area contributed by atoms with E-state index in [9.17, 15) is 18.0 Å². The fourth-order valence-corrected chi connectivity index (χ4v) is 4.55. The predicted octanol–water partition coefficient (Wildman–Crippen LogP) is 4.86. The Kier molecular flexibility index (Phi) is 5.52. The SMILES string of the molecule is O=C(Nc1c[nH]c2ccc(OC3CC(c4ccc(C(F)(F)F)nc4)C3)cc12)C1CC(CO)C1. The average Bonchev–Trinajstić information content (AvgIpc) is 3.11. The zero-order chi connectivity index (χ0) is 23.2. The summed E-state index contributed by atoms with van der Waals surface area (Å²) >= 11 is 0. The summed E-state index contributed by atoms with van der Waals surface area (Å²) in [5, 5.41) is 13.0. The summed E-state index contributed by atoms with van der Waals surface area (Å²) in [5.74, 6) is 0.904. The molecule has 2 fully saturated rings. The van der Waals surface area contributed by atoms with Crippen molar-refractivity contribution >= 4 is 22.5 Å². The number of anilines is 1. The van der Waals surface area contributed by atoms with Gasteiger partial charge in [-0.2, -0.15) is 13.2 Å². The van der Waals surface area contributed by atoms with Gasteiger partial charge in [-0.25, -0.2) is 0 Å². The normalized spacial score (nSPS) is 24.7. The first-order valence-corrected chi connectivity index (χ1v) is 11.0. The highest BCUT2D eigenvalue weighted by molar-refractivity contribution is 6.03. The van der Waals surface area contributed by atoms with Crippen molar-refractivity contribution in [3.05, 3.63) is 54.0 Å². The second kappa shape index (κ2) is 8.37. The number of aromatic amines is 1. The Balaban J connectivity index is 1.19. The summed E-state index contributed by atoms with van der Waals surface area (Å²) in [6.07, 6.45) is 1.41. The lowest BCUT2D eigenvalue weighted by Crippen LogP contribution is -2.35. The van der Waals surface area contributed by atoms with Gasteiger partial charge >= 0.3 is 6.18 Å². The van der Waals surface area contributed by atoms with Crippen molar-refractivity contribution in [3.63, 3.8) is 0 Å². The van der Waals surface area contributed by atoms with Crippen molar-refractivity contribution in [2.45, 2.75) is 43.9 Å². The molecular weight excluding hydrogens is 435 g/mol. The van der Waals surface area contributed by atoms with E-state index >= 15 is 0 Å². The number of hydrogen-bond acceptors (Lipinski definition) is 4. The smallest absolute Gasteiger partial charge is 0.433 e. The second-order valence-corrected chi connectivity index (χ2v) is 9.00. The average molecular weight is 459 g/mol. The molecule has 0 saturated heterocycles. The van der Waals surface area contributed by atoms with Gasteiger partial charge in [0.05, 0.1) is 11.8 Å². The van der Waals surface area contributed by atoms with E-state index in [0.29, 0.717) is 37.1 Å². The number of carbonyl (C=O) groups is 1. The zero-order valence-electron chi connectivity index (χ0n) is 17.7. The molecule has 0 unspecified atom stereocenters. The van der Waals surface area contributed by atoms with Gasteiger partial charge in [0.1, 0.15) is 11.4 Å². The summed E-state index contributed by atoms with van der Waals surface area (Å²) in [7, 11) is 0. The van der Waals surface area contributed by atoms with Gasteiger partial charge in [-0.1, -0.05) is 6.07 Å². The lowest BCUT2D eigenvalue weighted by Gasteiger charge is -2.35. The molecule has 33 heavy (non-hydrogen) atoms. The number of carbonyl (C=O) groups excluding carboxylic acids is 1. The van der Waals surface area contributed by atoms with Crippen LogP contribution < -0.4 is 10.1 Å². The fourth-order valence-electron chi connectivity index (χ4n) is 4.55. The molecule has 2 aromatic heterocycles. The van der Waals surface area contributed by atoms with Crippen LogP contribution >= 0.6 is 0 Å². The second-order valence-electron chi connectivity index (χ2n) is 9.00. The monoisotopic (exact) mass is 459 g/mol. The van der Waals surface area contributed by atoms with E-state index in [1.54, 1.807) is 6.20 Å². The Bertz CT molecular complexity index is 1150. The Morgan fingerprint density at radius 3 is 2.64 bits per heavy atom. The lowest BCUT2D eigenvalue weighted by molar-refractivity contribution is -0.141. The molecule has 6 nitrogen and oxygen atoms in total. The first kappa shape index (κ1) is 21.8. The van der Waals surface area contributed by atoms with Crippen molar-refractivity contribution in [3.8, 4) is 5.75 Å². The molecule has 0 atom stereocenters. The van der Waals surface area contributed by atoms with E-state index in [1.807, 2.05) is 18.2 Å². The summed E-state index contributed by atoms with van der Waals surface area (Å²) in [5.41, 5.74) is 1.47. The molecule has 2 heterocycles. The molecule has 0 radical (unpaired) electrons. The highest BCUT2D eigenvalue weighted by Crippen LogP contribution is 2.40. The lowest BCUT2D eigenvalue weighted by atomic mass is 9.75. The molecule has 2 aliphatic rings. The van der Waals surface area contributed by atoms with Crippen LogP contribution in [0.3, 0.4) is 0 Å². The third kappa shape index (κ3) is 4.42. The number of H-pyrrole nitrogens is 1. The third-order valence-corrected chi connectivity index (χ3v) is 6.72. The van der Waals surface area contributed by atoms with Crippen LogP contribution in [0.1, 0.15) is 42.9 Å². The van der Waals surface area contributed by atoms with E-state index in [-0.39, 0.29) is 36.4 Å². The molecule has 0 spiro atoms. The summed E-state index contributed by atoms with van der Waals surface area (Å²) in [6, 6.07) is 8.14. The standard InChI is InChI=1S/C24H24F3N3O3/c25-24(26,27)22-4-1-14(10-29-22)15-7-18(8-15)33-17-2-3-20-19(9-17)21(11-28-20)30-23(32)16-5-13(6-16)12-31/h1-4,9-11,13,15-16,18,28,31H,5-8,12H2,(H,30,32). The highest BCUT2D eigenvalue weighted by Gasteiger charge is 2.36. The fraction of sp³-hybridized carbons (Fsp3) is 0.417. The number of benzene rings is 1. The van der Waals surface area contributed by atoms with Gasteiger partial charge in [-0.3, -0.25) is 9.78 Å². The minimum absolute atomic E-state index is 0.0304. The summed E-state index contributed by atoms with van der Waals surface area (Å²) in [6.45, 7) is 0.120. The van der Waals surface area contributed by atoms with Gasteiger partial charge in [0.25, 0.3) is 0 Å². The molecule has 0 bridgehead atoms. The number of alkyl halides is 3. The third-order valence-electron chi connectivity index (χ3n) is 6.72. The number of nitrogens with one attached hydrogen (secondary N) is 2. The van der Waals surface area contributed by atoms with E-state index in [2.05, 4.69) is 15.3 Å². The maximum absolute atomic E-state index is 12.7. The van der Waals surface area contributed by atoms with Crippen molar-refractivity contribution < 1.29 is 27.8 Å². The Hall–Kier alpha value is -3.07. The van der Waals surface area contributed by atoms with Gasteiger partial charge in [0.2, 0.25) is 5.91 Å². The van der Waals surface area contributed by atoms with Crippen molar-refractivity contribution in [1.29, 1.82) is 0 Å². The Labute approximate surface area is 188 Å².